The van der Waals surface area contributed by atoms with Gasteiger partial charge in [-0.05, 0) is 36.6 Å². The molecule has 1 aromatic carbocycles. The van der Waals surface area contributed by atoms with Gasteiger partial charge in [0.1, 0.15) is 12.1 Å². The molecular weight excluding hydrogens is 311 g/mol. The van der Waals surface area contributed by atoms with Crippen LogP contribution < -0.4 is 5.32 Å². The minimum Gasteiger partial charge on any atom is -0.307 e. The van der Waals surface area contributed by atoms with E-state index in [0.29, 0.717) is 19.1 Å². The molecule has 0 atom stereocenters. The Labute approximate surface area is 119 Å². The molecule has 2 aromatic rings. The van der Waals surface area contributed by atoms with Crippen LogP contribution in [0.25, 0.3) is 0 Å². The van der Waals surface area contributed by atoms with Crippen LogP contribution in [0.15, 0.2) is 29.0 Å². The maximum atomic E-state index is 13.3. The van der Waals surface area contributed by atoms with E-state index in [-0.39, 0.29) is 5.82 Å². The van der Waals surface area contributed by atoms with Crippen molar-refractivity contribution >= 4 is 15.9 Å². The van der Waals surface area contributed by atoms with E-state index in [0.717, 1.165) is 15.9 Å². The van der Waals surface area contributed by atoms with E-state index < -0.39 is 0 Å². The quantitative estimate of drug-likeness (QED) is 0.918. The van der Waals surface area contributed by atoms with Gasteiger partial charge in [0.2, 0.25) is 0 Å². The lowest BCUT2D eigenvalue weighted by molar-refractivity contribution is 0.611. The van der Waals surface area contributed by atoms with Crippen molar-refractivity contribution in [3.8, 4) is 0 Å². The van der Waals surface area contributed by atoms with E-state index in [2.05, 4.69) is 31.3 Å². The standard InChI is InChI=1S/C13H14BrFN4/c14-10-3-9(4-11(15)5-10)7-19-8-17-13(18-19)6-16-12-1-2-12/h3-5,8,12,16H,1-2,6-7H2. The first-order valence-corrected chi connectivity index (χ1v) is 7.05. The zero-order chi connectivity index (χ0) is 13.2. The normalized spacial score (nSPS) is 14.8. The Morgan fingerprint density at radius 3 is 2.95 bits per heavy atom. The second-order valence-electron chi connectivity index (χ2n) is 4.79. The molecule has 1 heterocycles. The average molecular weight is 325 g/mol. The van der Waals surface area contributed by atoms with Crippen LogP contribution in [0.5, 0.6) is 0 Å². The van der Waals surface area contributed by atoms with Crippen LogP contribution in [-0.4, -0.2) is 20.8 Å². The third-order valence-electron chi connectivity index (χ3n) is 2.98. The zero-order valence-electron chi connectivity index (χ0n) is 10.3. The first-order valence-electron chi connectivity index (χ1n) is 6.26. The van der Waals surface area contributed by atoms with Gasteiger partial charge in [0.15, 0.2) is 5.82 Å². The maximum absolute atomic E-state index is 13.3. The third-order valence-corrected chi connectivity index (χ3v) is 3.43. The molecule has 0 bridgehead atoms. The second kappa shape index (κ2) is 5.38. The lowest BCUT2D eigenvalue weighted by Crippen LogP contribution is -2.16. The molecule has 1 aromatic heterocycles. The number of rotatable bonds is 5. The number of hydrogen-bond acceptors (Lipinski definition) is 3. The minimum absolute atomic E-state index is 0.250. The van der Waals surface area contributed by atoms with Crippen LogP contribution in [0.1, 0.15) is 24.2 Å². The molecular formula is C13H14BrFN4. The molecule has 4 nitrogen and oxygen atoms in total. The summed E-state index contributed by atoms with van der Waals surface area (Å²) in [5, 5.41) is 7.73. The number of nitrogens with one attached hydrogen (secondary N) is 1. The van der Waals surface area contributed by atoms with E-state index in [1.807, 2.05) is 6.07 Å². The highest BCUT2D eigenvalue weighted by atomic mass is 79.9. The molecule has 1 N–H and O–H groups in total. The van der Waals surface area contributed by atoms with Crippen LogP contribution in [0.2, 0.25) is 0 Å². The van der Waals surface area contributed by atoms with Crippen LogP contribution in [-0.2, 0) is 13.1 Å². The lowest BCUT2D eigenvalue weighted by atomic mass is 10.2. The van der Waals surface area contributed by atoms with Gasteiger partial charge in [-0.15, -0.1) is 0 Å². The van der Waals surface area contributed by atoms with Crippen molar-refractivity contribution in [2.75, 3.05) is 0 Å². The zero-order valence-corrected chi connectivity index (χ0v) is 11.9. The molecule has 0 saturated heterocycles. The fourth-order valence-electron chi connectivity index (χ4n) is 1.90. The molecule has 0 aliphatic heterocycles. The van der Waals surface area contributed by atoms with Crippen LogP contribution in [0.3, 0.4) is 0 Å². The van der Waals surface area contributed by atoms with Gasteiger partial charge < -0.3 is 5.32 Å². The molecule has 19 heavy (non-hydrogen) atoms. The molecule has 100 valence electrons. The van der Waals surface area contributed by atoms with Gasteiger partial charge >= 0.3 is 0 Å². The minimum atomic E-state index is -0.250. The van der Waals surface area contributed by atoms with Crippen LogP contribution in [0, 0.1) is 5.82 Å². The Bertz CT molecular complexity index is 560. The van der Waals surface area contributed by atoms with E-state index in [1.165, 1.54) is 25.0 Å². The summed E-state index contributed by atoms with van der Waals surface area (Å²) in [4.78, 5) is 4.24. The van der Waals surface area contributed by atoms with Gasteiger partial charge in [0.05, 0.1) is 13.1 Å². The number of hydrogen-bond donors (Lipinski definition) is 1. The highest BCUT2D eigenvalue weighted by molar-refractivity contribution is 9.10. The Hall–Kier alpha value is -1.27. The molecule has 0 amide bonds. The largest absolute Gasteiger partial charge is 0.307 e. The smallest absolute Gasteiger partial charge is 0.164 e. The Morgan fingerprint density at radius 1 is 1.37 bits per heavy atom. The molecule has 0 unspecified atom stereocenters. The first kappa shape index (κ1) is 12.7. The highest BCUT2D eigenvalue weighted by Gasteiger charge is 2.20. The van der Waals surface area contributed by atoms with Gasteiger partial charge in [-0.2, -0.15) is 5.10 Å². The molecule has 1 aliphatic rings. The van der Waals surface area contributed by atoms with Crippen molar-refractivity contribution in [2.45, 2.75) is 32.0 Å². The molecule has 0 radical (unpaired) electrons. The van der Waals surface area contributed by atoms with E-state index >= 15 is 0 Å². The van der Waals surface area contributed by atoms with Gasteiger partial charge in [0.25, 0.3) is 0 Å². The SMILES string of the molecule is Fc1cc(Br)cc(Cn2cnc(CNC3CC3)n2)c1. The number of nitrogens with zero attached hydrogens (tertiary/aromatic N) is 3. The summed E-state index contributed by atoms with van der Waals surface area (Å²) in [6.07, 6.45) is 4.18. The van der Waals surface area contributed by atoms with Gasteiger partial charge in [-0.25, -0.2) is 14.1 Å². The molecule has 0 spiro atoms. The van der Waals surface area contributed by atoms with Crippen molar-refractivity contribution in [1.82, 2.24) is 20.1 Å². The summed E-state index contributed by atoms with van der Waals surface area (Å²) >= 11 is 3.28. The predicted octanol–water partition coefficient (Wildman–Crippen LogP) is 2.48. The molecule has 6 heteroatoms. The summed E-state index contributed by atoms with van der Waals surface area (Å²) in [6, 6.07) is 5.48. The topological polar surface area (TPSA) is 42.7 Å². The molecule has 1 aliphatic carbocycles. The fraction of sp³-hybridized carbons (Fsp3) is 0.385. The van der Waals surface area contributed by atoms with Crippen LogP contribution >= 0.6 is 15.9 Å². The monoisotopic (exact) mass is 324 g/mol. The van der Waals surface area contributed by atoms with Crippen molar-refractivity contribution in [2.24, 2.45) is 0 Å². The number of halogens is 2. The highest BCUT2D eigenvalue weighted by Crippen LogP contribution is 2.19. The van der Waals surface area contributed by atoms with Crippen molar-refractivity contribution in [1.29, 1.82) is 0 Å². The summed E-state index contributed by atoms with van der Waals surface area (Å²) < 4.78 is 15.7. The number of aromatic nitrogens is 3. The summed E-state index contributed by atoms with van der Waals surface area (Å²) in [7, 11) is 0. The van der Waals surface area contributed by atoms with E-state index in [4.69, 9.17) is 0 Å². The van der Waals surface area contributed by atoms with Crippen molar-refractivity contribution in [3.63, 3.8) is 0 Å². The lowest BCUT2D eigenvalue weighted by Gasteiger charge is -2.02. The van der Waals surface area contributed by atoms with Gasteiger partial charge in [-0.1, -0.05) is 15.9 Å². The number of benzene rings is 1. The maximum Gasteiger partial charge on any atom is 0.164 e. The van der Waals surface area contributed by atoms with E-state index in [9.17, 15) is 4.39 Å². The molecule has 3 rings (SSSR count). The average Bonchev–Trinajstić information content (AvgIpc) is 3.06. The van der Waals surface area contributed by atoms with Gasteiger partial charge in [-0.3, -0.25) is 0 Å². The Balaban J connectivity index is 1.65. The summed E-state index contributed by atoms with van der Waals surface area (Å²) in [5.41, 5.74) is 0.860. The van der Waals surface area contributed by atoms with Gasteiger partial charge in [0, 0.05) is 10.5 Å². The Morgan fingerprint density at radius 2 is 2.21 bits per heavy atom. The van der Waals surface area contributed by atoms with Crippen molar-refractivity contribution < 1.29 is 4.39 Å². The second-order valence-corrected chi connectivity index (χ2v) is 5.71. The third kappa shape index (κ3) is 3.61. The molecule has 1 saturated carbocycles. The predicted molar refractivity (Wildman–Crippen MR) is 73.1 cm³/mol. The summed E-state index contributed by atoms with van der Waals surface area (Å²) in [6.45, 7) is 1.22. The van der Waals surface area contributed by atoms with Crippen LogP contribution in [0.4, 0.5) is 4.39 Å². The molecule has 1 fully saturated rings. The summed E-state index contributed by atoms with van der Waals surface area (Å²) in [5.74, 6) is 0.530. The van der Waals surface area contributed by atoms with E-state index in [1.54, 1.807) is 11.0 Å². The fourth-order valence-corrected chi connectivity index (χ4v) is 2.42. The Kier molecular flexibility index (Phi) is 3.61. The first-order chi connectivity index (χ1) is 9.19. The van der Waals surface area contributed by atoms with Crippen molar-refractivity contribution in [3.05, 3.63) is 46.2 Å².